The topological polar surface area (TPSA) is 117 Å². The summed E-state index contributed by atoms with van der Waals surface area (Å²) < 4.78 is 35.8. The summed E-state index contributed by atoms with van der Waals surface area (Å²) in [5.41, 5.74) is 2.28. The molecule has 2 aromatic carbocycles. The van der Waals surface area contributed by atoms with Gasteiger partial charge in [0.25, 0.3) is 5.91 Å². The van der Waals surface area contributed by atoms with E-state index in [4.69, 9.17) is 9.84 Å². The zero-order chi connectivity index (χ0) is 28.1. The van der Waals surface area contributed by atoms with E-state index in [2.05, 4.69) is 12.2 Å². The summed E-state index contributed by atoms with van der Waals surface area (Å²) in [5, 5.41) is 17.4. The molecular formula is C30H33N5O4S. The summed E-state index contributed by atoms with van der Waals surface area (Å²) in [5.74, 6) is -0.187. The summed E-state index contributed by atoms with van der Waals surface area (Å²) in [4.78, 5) is 13.1. The van der Waals surface area contributed by atoms with Crippen molar-refractivity contribution in [1.82, 2.24) is 19.4 Å². The molecule has 0 saturated carbocycles. The molecule has 2 aliphatic heterocycles. The number of nitrogens with one attached hydrogen (secondary N) is 1. The van der Waals surface area contributed by atoms with Gasteiger partial charge in [-0.25, -0.2) is 13.1 Å². The van der Waals surface area contributed by atoms with Crippen LogP contribution in [0.1, 0.15) is 38.2 Å². The largest absolute Gasteiger partial charge is 0.376 e. The molecule has 208 valence electrons. The molecular weight excluding hydrogens is 526 g/mol. The zero-order valence-electron chi connectivity index (χ0n) is 22.5. The molecule has 2 saturated heterocycles. The molecule has 9 nitrogen and oxygen atoms in total. The highest BCUT2D eigenvalue weighted by Crippen LogP contribution is 2.30. The summed E-state index contributed by atoms with van der Waals surface area (Å²) >= 11 is 0. The number of carbonyl (C=O) groups excluding carboxylic acids is 1. The van der Waals surface area contributed by atoms with Crippen LogP contribution in [0.2, 0.25) is 0 Å². The molecule has 0 aliphatic carbocycles. The Morgan fingerprint density at radius 1 is 1.18 bits per heavy atom. The maximum Gasteiger partial charge on any atom is 0.262 e. The Kier molecular flexibility index (Phi) is 8.45. The van der Waals surface area contributed by atoms with Crippen LogP contribution in [-0.4, -0.2) is 60.8 Å². The van der Waals surface area contributed by atoms with Crippen molar-refractivity contribution in [3.05, 3.63) is 71.9 Å². The van der Waals surface area contributed by atoms with Crippen LogP contribution in [-0.2, 0) is 19.6 Å². The van der Waals surface area contributed by atoms with E-state index in [9.17, 15) is 18.5 Å². The number of sulfonamides is 1. The van der Waals surface area contributed by atoms with E-state index < -0.39 is 15.9 Å². The number of hydrogen-bond acceptors (Lipinski definition) is 6. The van der Waals surface area contributed by atoms with E-state index in [1.807, 2.05) is 36.4 Å². The van der Waals surface area contributed by atoms with Crippen LogP contribution in [0, 0.1) is 17.2 Å². The lowest BCUT2D eigenvalue weighted by atomic mass is 10.0. The lowest BCUT2D eigenvalue weighted by Crippen LogP contribution is -2.39. The van der Waals surface area contributed by atoms with Gasteiger partial charge in [-0.15, -0.1) is 0 Å². The monoisotopic (exact) mass is 559 g/mol. The first-order valence-electron chi connectivity index (χ1n) is 13.6. The van der Waals surface area contributed by atoms with Gasteiger partial charge >= 0.3 is 0 Å². The van der Waals surface area contributed by atoms with Gasteiger partial charge in [0, 0.05) is 43.6 Å². The number of benzene rings is 2. The van der Waals surface area contributed by atoms with E-state index in [0.717, 1.165) is 31.4 Å². The normalized spacial score (nSPS) is 20.2. The molecule has 3 aromatic rings. The first-order chi connectivity index (χ1) is 19.3. The van der Waals surface area contributed by atoms with Gasteiger partial charge in [0.2, 0.25) is 10.0 Å². The first kappa shape index (κ1) is 27.8. The maximum absolute atomic E-state index is 13.5. The Hall–Kier alpha value is -3.78. The third kappa shape index (κ3) is 6.17. The van der Waals surface area contributed by atoms with Crippen LogP contribution in [0.5, 0.6) is 0 Å². The van der Waals surface area contributed by atoms with E-state index in [-0.39, 0.29) is 16.6 Å². The highest BCUT2D eigenvalue weighted by molar-refractivity contribution is 7.89. The Morgan fingerprint density at radius 3 is 2.73 bits per heavy atom. The number of hydrogen-bond donors (Lipinski definition) is 1. The van der Waals surface area contributed by atoms with Crippen LogP contribution in [0.15, 0.2) is 71.3 Å². The predicted octanol–water partition coefficient (Wildman–Crippen LogP) is 4.16. The van der Waals surface area contributed by atoms with E-state index >= 15 is 0 Å². The molecule has 0 spiro atoms. The van der Waals surface area contributed by atoms with Crippen molar-refractivity contribution in [3.8, 4) is 23.0 Å². The third-order valence-electron chi connectivity index (χ3n) is 7.31. The number of nitriles is 1. The smallest absolute Gasteiger partial charge is 0.262 e. The quantitative estimate of drug-likeness (QED) is 0.327. The summed E-state index contributed by atoms with van der Waals surface area (Å²) in [6, 6.07) is 18.2. The zero-order valence-corrected chi connectivity index (χ0v) is 23.3. The molecule has 1 aromatic heterocycles. The fourth-order valence-corrected chi connectivity index (χ4v) is 6.80. The van der Waals surface area contributed by atoms with Gasteiger partial charge in [0.05, 0.1) is 16.7 Å². The van der Waals surface area contributed by atoms with Crippen molar-refractivity contribution >= 4 is 22.0 Å². The number of rotatable bonds is 8. The molecule has 0 radical (unpaired) electrons. The Morgan fingerprint density at radius 2 is 2.00 bits per heavy atom. The van der Waals surface area contributed by atoms with Gasteiger partial charge in [0.15, 0.2) is 0 Å². The second-order valence-electron chi connectivity index (χ2n) is 10.4. The van der Waals surface area contributed by atoms with Gasteiger partial charge < -0.3 is 10.1 Å². The van der Waals surface area contributed by atoms with Crippen molar-refractivity contribution in [1.29, 1.82) is 5.26 Å². The summed E-state index contributed by atoms with van der Waals surface area (Å²) in [6.45, 7) is 4.07. The number of aromatic nitrogens is 2. The average Bonchev–Trinajstić information content (AvgIpc) is 3.65. The Balaban J connectivity index is 1.51. The molecule has 10 heteroatoms. The molecule has 1 N–H and O–H groups in total. The highest BCUT2D eigenvalue weighted by Gasteiger charge is 2.29. The SMILES string of the molecule is C[C@@H]1CCCN(S(=O)(=O)c2cccc(-c3nn(-c4ccccc4)cc3/C=C(\C#N)C(=O)NC[C@@H]3CCCO3)c2)C1. The average molecular weight is 560 g/mol. The van der Waals surface area contributed by atoms with Crippen LogP contribution in [0.3, 0.4) is 0 Å². The van der Waals surface area contributed by atoms with E-state index in [1.165, 1.54) is 6.08 Å². The predicted molar refractivity (Wildman–Crippen MR) is 152 cm³/mol. The van der Waals surface area contributed by atoms with Crippen molar-refractivity contribution in [2.75, 3.05) is 26.2 Å². The number of amides is 1. The second-order valence-corrected chi connectivity index (χ2v) is 12.3. The number of piperidine rings is 1. The highest BCUT2D eigenvalue weighted by atomic mass is 32.2. The molecule has 5 rings (SSSR count). The minimum Gasteiger partial charge on any atom is -0.376 e. The van der Waals surface area contributed by atoms with E-state index in [0.29, 0.717) is 49.0 Å². The first-order valence-corrected chi connectivity index (χ1v) is 15.1. The van der Waals surface area contributed by atoms with Crippen LogP contribution >= 0.6 is 0 Å². The number of ether oxygens (including phenoxy) is 1. The van der Waals surface area contributed by atoms with Crippen molar-refractivity contribution in [3.63, 3.8) is 0 Å². The molecule has 40 heavy (non-hydrogen) atoms. The fraction of sp³-hybridized carbons (Fsp3) is 0.367. The number of nitrogens with zero attached hydrogens (tertiary/aromatic N) is 4. The van der Waals surface area contributed by atoms with E-state index in [1.54, 1.807) is 39.4 Å². The fourth-order valence-electron chi connectivity index (χ4n) is 5.16. The minimum atomic E-state index is -3.69. The molecule has 2 atom stereocenters. The maximum atomic E-state index is 13.5. The van der Waals surface area contributed by atoms with Crippen molar-refractivity contribution in [2.24, 2.45) is 5.92 Å². The molecule has 2 fully saturated rings. The number of carbonyl (C=O) groups is 1. The molecule has 0 bridgehead atoms. The minimum absolute atomic E-state index is 0.0483. The lowest BCUT2D eigenvalue weighted by molar-refractivity contribution is -0.117. The molecule has 1 amide bonds. The van der Waals surface area contributed by atoms with Crippen molar-refractivity contribution < 1.29 is 17.9 Å². The Bertz CT molecular complexity index is 1540. The van der Waals surface area contributed by atoms with Gasteiger partial charge in [-0.3, -0.25) is 4.79 Å². The second kappa shape index (κ2) is 12.2. The van der Waals surface area contributed by atoms with Gasteiger partial charge in [-0.1, -0.05) is 37.3 Å². The third-order valence-corrected chi connectivity index (χ3v) is 9.17. The van der Waals surface area contributed by atoms with Crippen LogP contribution < -0.4 is 5.32 Å². The standard InChI is InChI=1S/C30H33N5O4S/c1-22-8-6-14-34(20-22)40(37,38)28-13-5-9-23(17-28)29-25(21-35(33-29)26-10-3-2-4-11-26)16-24(18-31)30(36)32-19-27-12-7-15-39-27/h2-5,9-11,13,16-17,21-22,27H,6-8,12,14-15,19-20H2,1H3,(H,32,36)/b24-16+/t22-,27+/m1/s1. The number of para-hydroxylation sites is 1. The lowest BCUT2D eigenvalue weighted by Gasteiger charge is -2.30. The van der Waals surface area contributed by atoms with Crippen LogP contribution in [0.25, 0.3) is 23.0 Å². The summed E-state index contributed by atoms with van der Waals surface area (Å²) in [7, 11) is -3.69. The summed E-state index contributed by atoms with van der Waals surface area (Å²) in [6.07, 6.45) is 6.87. The molecule has 3 heterocycles. The van der Waals surface area contributed by atoms with Gasteiger partial charge in [-0.05, 0) is 61.9 Å². The van der Waals surface area contributed by atoms with Gasteiger partial charge in [-0.2, -0.15) is 14.7 Å². The molecule has 0 unspecified atom stereocenters. The molecule has 2 aliphatic rings. The Labute approximate surface area is 235 Å². The van der Waals surface area contributed by atoms with Crippen molar-refractivity contribution in [2.45, 2.75) is 43.6 Å². The van der Waals surface area contributed by atoms with Crippen LogP contribution in [0.4, 0.5) is 0 Å². The van der Waals surface area contributed by atoms with Gasteiger partial charge in [0.1, 0.15) is 17.3 Å².